The number of aryl methyl sites for hydroxylation is 1. The molecule has 98 valence electrons. The number of nitrogens with zero attached hydrogens (tertiary/aromatic N) is 1. The van der Waals surface area contributed by atoms with Crippen LogP contribution in [0.4, 0.5) is 5.82 Å². The number of carbonyl (C=O) groups excluding carboxylic acids is 2. The van der Waals surface area contributed by atoms with Gasteiger partial charge in [-0.1, -0.05) is 25.8 Å². The Morgan fingerprint density at radius 2 is 2.00 bits per heavy atom. The Kier molecular flexibility index (Phi) is 5.84. The molecule has 0 aromatic carbocycles. The smallest absolute Gasteiger partial charge is 0.314 e. The largest absolute Gasteiger partial charge is 0.348 e. The van der Waals surface area contributed by atoms with Crippen LogP contribution in [0.2, 0.25) is 0 Å². The van der Waals surface area contributed by atoms with Crippen molar-refractivity contribution in [1.29, 1.82) is 0 Å². The van der Waals surface area contributed by atoms with Gasteiger partial charge in [0.1, 0.15) is 5.82 Å². The fourth-order valence-electron chi connectivity index (χ4n) is 1.44. The molecule has 0 atom stereocenters. The van der Waals surface area contributed by atoms with Crippen molar-refractivity contribution in [1.82, 2.24) is 10.3 Å². The summed E-state index contributed by atoms with van der Waals surface area (Å²) < 4.78 is 0. The molecular formula is C13H19N3O2. The van der Waals surface area contributed by atoms with Crippen molar-refractivity contribution in [2.75, 3.05) is 11.9 Å². The maximum atomic E-state index is 11.5. The SMILES string of the molecule is CCCCCNC(=O)C(=O)Nc1cccc(C)n1. The third kappa shape index (κ3) is 4.95. The summed E-state index contributed by atoms with van der Waals surface area (Å²) in [5.41, 5.74) is 0.788. The van der Waals surface area contributed by atoms with E-state index in [4.69, 9.17) is 0 Å². The predicted molar refractivity (Wildman–Crippen MR) is 70.1 cm³/mol. The number of hydrogen-bond donors (Lipinski definition) is 2. The molecule has 0 bridgehead atoms. The highest BCUT2D eigenvalue weighted by Gasteiger charge is 2.13. The molecule has 0 spiro atoms. The molecule has 18 heavy (non-hydrogen) atoms. The maximum absolute atomic E-state index is 11.5. The lowest BCUT2D eigenvalue weighted by Gasteiger charge is -2.06. The summed E-state index contributed by atoms with van der Waals surface area (Å²) >= 11 is 0. The van der Waals surface area contributed by atoms with E-state index in [9.17, 15) is 9.59 Å². The minimum atomic E-state index is -0.676. The number of nitrogens with one attached hydrogen (secondary N) is 2. The van der Waals surface area contributed by atoms with Crippen LogP contribution in [0, 0.1) is 6.92 Å². The van der Waals surface area contributed by atoms with E-state index < -0.39 is 11.8 Å². The first-order valence-electron chi connectivity index (χ1n) is 6.16. The molecule has 0 saturated carbocycles. The van der Waals surface area contributed by atoms with Gasteiger partial charge in [-0.25, -0.2) is 4.98 Å². The van der Waals surface area contributed by atoms with Crippen molar-refractivity contribution in [3.8, 4) is 0 Å². The highest BCUT2D eigenvalue weighted by Crippen LogP contribution is 2.03. The van der Waals surface area contributed by atoms with Gasteiger partial charge in [0.2, 0.25) is 0 Å². The fourth-order valence-corrected chi connectivity index (χ4v) is 1.44. The lowest BCUT2D eigenvalue weighted by molar-refractivity contribution is -0.136. The average Bonchev–Trinajstić information content (AvgIpc) is 2.34. The molecule has 2 N–H and O–H groups in total. The normalized spacial score (nSPS) is 9.89. The molecule has 0 saturated heterocycles. The van der Waals surface area contributed by atoms with Crippen LogP contribution in [0.1, 0.15) is 31.9 Å². The van der Waals surface area contributed by atoms with Gasteiger partial charge >= 0.3 is 11.8 Å². The summed E-state index contributed by atoms with van der Waals surface area (Å²) in [6, 6.07) is 5.24. The van der Waals surface area contributed by atoms with Gasteiger partial charge in [0, 0.05) is 12.2 Å². The van der Waals surface area contributed by atoms with Gasteiger partial charge < -0.3 is 10.6 Å². The van der Waals surface area contributed by atoms with E-state index >= 15 is 0 Å². The zero-order valence-electron chi connectivity index (χ0n) is 10.8. The molecule has 1 aromatic rings. The van der Waals surface area contributed by atoms with Crippen LogP contribution < -0.4 is 10.6 Å². The van der Waals surface area contributed by atoms with Gasteiger partial charge in [-0.2, -0.15) is 0 Å². The van der Waals surface area contributed by atoms with Crippen LogP contribution in [0.25, 0.3) is 0 Å². The van der Waals surface area contributed by atoms with E-state index in [0.29, 0.717) is 12.4 Å². The molecule has 0 aliphatic rings. The lowest BCUT2D eigenvalue weighted by Crippen LogP contribution is -2.36. The van der Waals surface area contributed by atoms with Crippen LogP contribution in [0.5, 0.6) is 0 Å². The summed E-state index contributed by atoms with van der Waals surface area (Å²) in [4.78, 5) is 27.1. The van der Waals surface area contributed by atoms with Crippen molar-refractivity contribution in [3.63, 3.8) is 0 Å². The number of carbonyl (C=O) groups is 2. The predicted octanol–water partition coefficient (Wildman–Crippen LogP) is 1.63. The molecule has 0 fully saturated rings. The third-order valence-electron chi connectivity index (χ3n) is 2.40. The van der Waals surface area contributed by atoms with Gasteiger partial charge in [-0.05, 0) is 25.5 Å². The number of aromatic nitrogens is 1. The number of hydrogen-bond acceptors (Lipinski definition) is 3. The first-order chi connectivity index (χ1) is 8.63. The third-order valence-corrected chi connectivity index (χ3v) is 2.40. The van der Waals surface area contributed by atoms with Gasteiger partial charge in [0.25, 0.3) is 0 Å². The highest BCUT2D eigenvalue weighted by molar-refractivity contribution is 6.39. The van der Waals surface area contributed by atoms with Crippen LogP contribution >= 0.6 is 0 Å². The first-order valence-corrected chi connectivity index (χ1v) is 6.16. The van der Waals surface area contributed by atoms with E-state index in [1.54, 1.807) is 12.1 Å². The van der Waals surface area contributed by atoms with Gasteiger partial charge in [0.05, 0.1) is 0 Å². The number of unbranched alkanes of at least 4 members (excludes halogenated alkanes) is 2. The van der Waals surface area contributed by atoms with Crippen LogP contribution in [-0.2, 0) is 9.59 Å². The summed E-state index contributed by atoms with van der Waals surface area (Å²) in [6.07, 6.45) is 3.01. The number of rotatable bonds is 5. The van der Waals surface area contributed by atoms with E-state index in [1.165, 1.54) is 0 Å². The minimum Gasteiger partial charge on any atom is -0.348 e. The van der Waals surface area contributed by atoms with Crippen molar-refractivity contribution < 1.29 is 9.59 Å². The van der Waals surface area contributed by atoms with Gasteiger partial charge in [0.15, 0.2) is 0 Å². The molecule has 1 rings (SSSR count). The summed E-state index contributed by atoms with van der Waals surface area (Å²) in [6.45, 7) is 4.43. The summed E-state index contributed by atoms with van der Waals surface area (Å²) in [5.74, 6) is -0.900. The minimum absolute atomic E-state index is 0.392. The van der Waals surface area contributed by atoms with E-state index in [0.717, 1.165) is 25.0 Å². The molecule has 0 radical (unpaired) electrons. The van der Waals surface area contributed by atoms with Crippen LogP contribution in [-0.4, -0.2) is 23.3 Å². The topological polar surface area (TPSA) is 71.1 Å². The van der Waals surface area contributed by atoms with Crippen molar-refractivity contribution in [2.24, 2.45) is 0 Å². The number of anilines is 1. The molecule has 5 nitrogen and oxygen atoms in total. The zero-order valence-corrected chi connectivity index (χ0v) is 10.8. The Balaban J connectivity index is 2.38. The molecule has 0 aliphatic heterocycles. The fraction of sp³-hybridized carbons (Fsp3) is 0.462. The summed E-state index contributed by atoms with van der Waals surface area (Å²) in [5, 5.41) is 5.03. The standard InChI is InChI=1S/C13H19N3O2/c1-3-4-5-9-14-12(17)13(18)16-11-8-6-7-10(2)15-11/h6-8H,3-5,9H2,1-2H3,(H,14,17)(H,15,16,18). The zero-order chi connectivity index (χ0) is 13.4. The Bertz CT molecular complexity index is 418. The Morgan fingerprint density at radius 3 is 2.67 bits per heavy atom. The van der Waals surface area contributed by atoms with Crippen LogP contribution in [0.15, 0.2) is 18.2 Å². The second kappa shape index (κ2) is 7.42. The first kappa shape index (κ1) is 14.2. The van der Waals surface area contributed by atoms with E-state index in [2.05, 4.69) is 22.5 Å². The van der Waals surface area contributed by atoms with E-state index in [1.807, 2.05) is 13.0 Å². The molecule has 0 unspecified atom stereocenters. The maximum Gasteiger partial charge on any atom is 0.314 e. The van der Waals surface area contributed by atoms with Gasteiger partial charge in [-0.15, -0.1) is 0 Å². The quantitative estimate of drug-likeness (QED) is 0.615. The number of amides is 2. The molecule has 1 heterocycles. The molecule has 5 heteroatoms. The Hall–Kier alpha value is -1.91. The number of pyridine rings is 1. The monoisotopic (exact) mass is 249 g/mol. The summed E-state index contributed by atoms with van der Waals surface area (Å²) in [7, 11) is 0. The van der Waals surface area contributed by atoms with Gasteiger partial charge in [-0.3, -0.25) is 9.59 Å². The molecule has 0 aliphatic carbocycles. The average molecular weight is 249 g/mol. The molecule has 2 amide bonds. The van der Waals surface area contributed by atoms with Crippen LogP contribution in [0.3, 0.4) is 0 Å². The Labute approximate surface area is 107 Å². The van der Waals surface area contributed by atoms with Crippen molar-refractivity contribution in [2.45, 2.75) is 33.1 Å². The van der Waals surface area contributed by atoms with E-state index in [-0.39, 0.29) is 0 Å². The lowest BCUT2D eigenvalue weighted by atomic mass is 10.2. The van der Waals surface area contributed by atoms with Crippen molar-refractivity contribution >= 4 is 17.6 Å². The second-order valence-corrected chi connectivity index (χ2v) is 4.08. The highest BCUT2D eigenvalue weighted by atomic mass is 16.2. The second-order valence-electron chi connectivity index (χ2n) is 4.08. The molecule has 1 aromatic heterocycles. The Morgan fingerprint density at radius 1 is 1.22 bits per heavy atom. The van der Waals surface area contributed by atoms with Crippen molar-refractivity contribution in [3.05, 3.63) is 23.9 Å². The molecular weight excluding hydrogens is 230 g/mol.